The lowest BCUT2D eigenvalue weighted by Gasteiger charge is -2.23. The summed E-state index contributed by atoms with van der Waals surface area (Å²) in [6, 6.07) is 5.63. The summed E-state index contributed by atoms with van der Waals surface area (Å²) in [6.45, 7) is 3.54. The maximum atomic E-state index is 12.3. The first-order valence-corrected chi connectivity index (χ1v) is 6.72. The van der Waals surface area contributed by atoms with E-state index < -0.39 is 0 Å². The van der Waals surface area contributed by atoms with Crippen LogP contribution in [0.1, 0.15) is 16.8 Å². The van der Waals surface area contributed by atoms with E-state index in [0.717, 1.165) is 13.1 Å². The Labute approximate surface area is 111 Å². The van der Waals surface area contributed by atoms with Crippen LogP contribution in [0.15, 0.2) is 18.2 Å². The number of nitrogens with zero attached hydrogens (tertiary/aromatic N) is 1. The summed E-state index contributed by atoms with van der Waals surface area (Å²) in [7, 11) is 0. The zero-order valence-electron chi connectivity index (χ0n) is 10.6. The van der Waals surface area contributed by atoms with Gasteiger partial charge in [-0.3, -0.25) is 4.79 Å². The lowest BCUT2D eigenvalue weighted by atomic mass is 9.99. The van der Waals surface area contributed by atoms with E-state index in [1.54, 1.807) is 18.2 Å². The molecular weight excluding hydrogens is 244 g/mol. The van der Waals surface area contributed by atoms with Crippen LogP contribution in [0.4, 0.5) is 0 Å². The number of piperidine rings is 1. The second kappa shape index (κ2) is 4.13. The number of ether oxygens (including phenoxy) is 2. The van der Waals surface area contributed by atoms with Crippen molar-refractivity contribution in [1.29, 1.82) is 0 Å². The maximum Gasteiger partial charge on any atom is 0.251 e. The van der Waals surface area contributed by atoms with Gasteiger partial charge in [-0.05, 0) is 37.1 Å². The number of carbonyl (C=O) groups excluding carboxylic acids is 1. The summed E-state index contributed by atoms with van der Waals surface area (Å²) >= 11 is 0. The minimum atomic E-state index is -0.0166. The molecule has 5 nitrogen and oxygen atoms in total. The quantitative estimate of drug-likeness (QED) is 0.856. The third-order valence-corrected chi connectivity index (χ3v) is 4.28. The average Bonchev–Trinajstić information content (AvgIpc) is 3.13. The molecule has 100 valence electrons. The molecule has 1 aromatic carbocycles. The summed E-state index contributed by atoms with van der Waals surface area (Å²) in [6.07, 6.45) is 1.20. The molecular formula is C14H16N2O3. The molecule has 3 atom stereocenters. The molecule has 2 fully saturated rings. The molecule has 2 bridgehead atoms. The Morgan fingerprint density at radius 2 is 2.16 bits per heavy atom. The molecule has 2 unspecified atom stereocenters. The number of nitrogens with one attached hydrogen (secondary N) is 1. The smallest absolute Gasteiger partial charge is 0.251 e. The number of hydrogen-bond acceptors (Lipinski definition) is 4. The van der Waals surface area contributed by atoms with Crippen LogP contribution < -0.4 is 14.8 Å². The van der Waals surface area contributed by atoms with E-state index in [1.807, 2.05) is 0 Å². The van der Waals surface area contributed by atoms with Gasteiger partial charge in [-0.1, -0.05) is 0 Å². The predicted octanol–water partition coefficient (Wildman–Crippen LogP) is 0.849. The van der Waals surface area contributed by atoms with Crippen molar-refractivity contribution < 1.29 is 14.3 Å². The Morgan fingerprint density at radius 3 is 2.95 bits per heavy atom. The first-order chi connectivity index (χ1) is 9.29. The Balaban J connectivity index is 1.48. The molecule has 4 rings (SSSR count). The van der Waals surface area contributed by atoms with E-state index in [4.69, 9.17) is 9.47 Å². The van der Waals surface area contributed by atoms with Crippen LogP contribution in [0, 0.1) is 5.92 Å². The third kappa shape index (κ3) is 1.85. The molecule has 5 heteroatoms. The lowest BCUT2D eigenvalue weighted by Crippen LogP contribution is -2.43. The summed E-state index contributed by atoms with van der Waals surface area (Å²) < 4.78 is 10.5. The van der Waals surface area contributed by atoms with Gasteiger partial charge in [0.15, 0.2) is 11.5 Å². The van der Waals surface area contributed by atoms with Gasteiger partial charge in [0.05, 0.1) is 0 Å². The molecule has 0 spiro atoms. The Bertz CT molecular complexity index is 531. The van der Waals surface area contributed by atoms with Gasteiger partial charge in [0.2, 0.25) is 6.79 Å². The van der Waals surface area contributed by atoms with Crippen molar-refractivity contribution in [2.75, 3.05) is 26.4 Å². The van der Waals surface area contributed by atoms with E-state index in [2.05, 4.69) is 10.2 Å². The summed E-state index contributed by atoms with van der Waals surface area (Å²) in [5.74, 6) is 1.97. The Hall–Kier alpha value is -1.75. The van der Waals surface area contributed by atoms with Gasteiger partial charge in [-0.25, -0.2) is 0 Å². The highest BCUT2D eigenvalue weighted by Crippen LogP contribution is 2.33. The molecule has 3 heterocycles. The van der Waals surface area contributed by atoms with Crippen molar-refractivity contribution in [1.82, 2.24) is 10.2 Å². The number of hydrogen-bond donors (Lipinski definition) is 1. The number of benzene rings is 1. The normalized spacial score (nSPS) is 30.6. The van der Waals surface area contributed by atoms with Crippen LogP contribution in [0.5, 0.6) is 11.5 Å². The first-order valence-electron chi connectivity index (χ1n) is 6.72. The van der Waals surface area contributed by atoms with E-state index >= 15 is 0 Å². The lowest BCUT2D eigenvalue weighted by molar-refractivity contribution is 0.0924. The fourth-order valence-electron chi connectivity index (χ4n) is 3.24. The van der Waals surface area contributed by atoms with Crippen LogP contribution in [0.2, 0.25) is 0 Å². The van der Waals surface area contributed by atoms with Crippen molar-refractivity contribution in [2.45, 2.75) is 12.5 Å². The maximum absolute atomic E-state index is 12.3. The molecule has 0 saturated carbocycles. The minimum Gasteiger partial charge on any atom is -0.454 e. The van der Waals surface area contributed by atoms with Gasteiger partial charge in [-0.15, -0.1) is 0 Å². The van der Waals surface area contributed by atoms with Crippen LogP contribution in [-0.2, 0) is 0 Å². The fraction of sp³-hybridized carbons (Fsp3) is 0.500. The average molecular weight is 260 g/mol. The summed E-state index contributed by atoms with van der Waals surface area (Å²) in [4.78, 5) is 14.7. The van der Waals surface area contributed by atoms with Crippen molar-refractivity contribution in [3.05, 3.63) is 23.8 Å². The minimum absolute atomic E-state index is 0.0166. The van der Waals surface area contributed by atoms with Crippen molar-refractivity contribution in [3.8, 4) is 11.5 Å². The zero-order valence-corrected chi connectivity index (χ0v) is 10.6. The molecule has 2 saturated heterocycles. The Morgan fingerprint density at radius 1 is 1.26 bits per heavy atom. The molecule has 0 aromatic heterocycles. The number of rotatable bonds is 2. The van der Waals surface area contributed by atoms with Crippen molar-refractivity contribution in [2.24, 2.45) is 5.92 Å². The standard InChI is InChI=1S/C14H16N2O3/c17-14(15-11-7-16-4-3-10(11)6-16)9-1-2-12-13(5-9)19-8-18-12/h1-2,5,10-11H,3-4,6-8H2,(H,15,17)/t10?,11-/m0/s1. The zero-order chi connectivity index (χ0) is 12.8. The van der Waals surface area contributed by atoms with E-state index in [1.165, 1.54) is 13.0 Å². The van der Waals surface area contributed by atoms with E-state index in [0.29, 0.717) is 29.0 Å². The topological polar surface area (TPSA) is 50.8 Å². The first kappa shape index (κ1) is 11.1. The highest BCUT2D eigenvalue weighted by molar-refractivity contribution is 5.95. The molecule has 1 N–H and O–H groups in total. The molecule has 3 aliphatic rings. The largest absolute Gasteiger partial charge is 0.454 e. The number of fused-ring (bicyclic) bond motifs is 3. The molecule has 3 aliphatic heterocycles. The van der Waals surface area contributed by atoms with E-state index in [9.17, 15) is 4.79 Å². The van der Waals surface area contributed by atoms with Gasteiger partial charge >= 0.3 is 0 Å². The van der Waals surface area contributed by atoms with Crippen molar-refractivity contribution in [3.63, 3.8) is 0 Å². The van der Waals surface area contributed by atoms with Crippen LogP contribution in [-0.4, -0.2) is 43.3 Å². The SMILES string of the molecule is O=C(N[C@H]1CN2CCC1C2)c1ccc2c(c1)OCO2. The van der Waals surface area contributed by atoms with Crippen LogP contribution in [0.25, 0.3) is 0 Å². The summed E-state index contributed by atoms with van der Waals surface area (Å²) in [5.41, 5.74) is 0.641. The third-order valence-electron chi connectivity index (χ3n) is 4.28. The van der Waals surface area contributed by atoms with E-state index in [-0.39, 0.29) is 12.7 Å². The number of amides is 1. The van der Waals surface area contributed by atoms with Gasteiger partial charge in [0, 0.05) is 24.7 Å². The van der Waals surface area contributed by atoms with Crippen LogP contribution in [0.3, 0.4) is 0 Å². The molecule has 19 heavy (non-hydrogen) atoms. The Kier molecular flexibility index (Phi) is 2.41. The number of carbonyl (C=O) groups is 1. The predicted molar refractivity (Wildman–Crippen MR) is 68.4 cm³/mol. The second-order valence-electron chi connectivity index (χ2n) is 5.46. The molecule has 1 amide bonds. The fourth-order valence-corrected chi connectivity index (χ4v) is 3.24. The van der Waals surface area contributed by atoms with Gasteiger partial charge in [0.25, 0.3) is 5.91 Å². The van der Waals surface area contributed by atoms with Crippen LogP contribution >= 0.6 is 0 Å². The highest BCUT2D eigenvalue weighted by atomic mass is 16.7. The molecule has 0 radical (unpaired) electrons. The highest BCUT2D eigenvalue weighted by Gasteiger charge is 2.38. The van der Waals surface area contributed by atoms with Gasteiger partial charge in [-0.2, -0.15) is 0 Å². The monoisotopic (exact) mass is 260 g/mol. The van der Waals surface area contributed by atoms with Crippen molar-refractivity contribution >= 4 is 5.91 Å². The molecule has 1 aromatic rings. The molecule has 0 aliphatic carbocycles. The van der Waals surface area contributed by atoms with Gasteiger partial charge in [0.1, 0.15) is 0 Å². The van der Waals surface area contributed by atoms with Gasteiger partial charge < -0.3 is 19.7 Å². The summed E-state index contributed by atoms with van der Waals surface area (Å²) in [5, 5.41) is 3.14. The second-order valence-corrected chi connectivity index (χ2v) is 5.46.